The predicted octanol–water partition coefficient (Wildman–Crippen LogP) is 0.525. The minimum Gasteiger partial charge on any atom is -0.502 e. The molecule has 1 aliphatic heterocycles. The van der Waals surface area contributed by atoms with E-state index in [1.165, 1.54) is 6.26 Å². The van der Waals surface area contributed by atoms with Crippen molar-refractivity contribution in [2.24, 2.45) is 0 Å². The highest BCUT2D eigenvalue weighted by atomic mass is 16.5. The highest BCUT2D eigenvalue weighted by Gasteiger charge is 2.16. The summed E-state index contributed by atoms with van der Waals surface area (Å²) in [5.41, 5.74) is 0. The van der Waals surface area contributed by atoms with Gasteiger partial charge in [-0.05, 0) is 13.0 Å². The first-order valence-electron chi connectivity index (χ1n) is 3.97. The average molecular weight is 157 g/mol. The van der Waals surface area contributed by atoms with E-state index in [1.54, 1.807) is 0 Å². The van der Waals surface area contributed by atoms with E-state index in [2.05, 4.69) is 11.9 Å². The molecule has 0 amide bonds. The van der Waals surface area contributed by atoms with E-state index in [4.69, 9.17) is 9.47 Å². The van der Waals surface area contributed by atoms with Gasteiger partial charge in [-0.1, -0.05) is 6.58 Å². The van der Waals surface area contributed by atoms with Gasteiger partial charge in [0.25, 0.3) is 0 Å². The SMILES string of the molecule is C=COCCCNC1COC1. The first-order valence-corrected chi connectivity index (χ1v) is 3.97. The number of hydrogen-bond donors (Lipinski definition) is 1. The molecular formula is C8H15NO2. The summed E-state index contributed by atoms with van der Waals surface area (Å²) in [6, 6.07) is 0.582. The zero-order valence-electron chi connectivity index (χ0n) is 6.71. The van der Waals surface area contributed by atoms with Crippen LogP contribution in [0.2, 0.25) is 0 Å². The van der Waals surface area contributed by atoms with E-state index in [0.717, 1.165) is 32.8 Å². The molecule has 1 fully saturated rings. The molecule has 1 N–H and O–H groups in total. The number of ether oxygens (including phenoxy) is 2. The lowest BCUT2D eigenvalue weighted by Crippen LogP contribution is -2.46. The number of rotatable bonds is 6. The molecule has 0 atom stereocenters. The monoisotopic (exact) mass is 157 g/mol. The summed E-state index contributed by atoms with van der Waals surface area (Å²) < 4.78 is 9.96. The van der Waals surface area contributed by atoms with Crippen molar-refractivity contribution < 1.29 is 9.47 Å². The van der Waals surface area contributed by atoms with Gasteiger partial charge in [-0.25, -0.2) is 0 Å². The van der Waals surface area contributed by atoms with Crippen molar-refractivity contribution in [1.82, 2.24) is 5.32 Å². The smallest absolute Gasteiger partial charge is 0.0885 e. The molecule has 1 saturated heterocycles. The zero-order chi connectivity index (χ0) is 7.94. The Morgan fingerprint density at radius 3 is 3.00 bits per heavy atom. The van der Waals surface area contributed by atoms with E-state index in [1.807, 2.05) is 0 Å². The molecule has 0 aliphatic carbocycles. The van der Waals surface area contributed by atoms with Crippen LogP contribution in [0.4, 0.5) is 0 Å². The Balaban J connectivity index is 1.76. The molecule has 3 heteroatoms. The molecule has 0 unspecified atom stereocenters. The van der Waals surface area contributed by atoms with Crippen molar-refractivity contribution in [2.75, 3.05) is 26.4 Å². The standard InChI is InChI=1S/C8H15NO2/c1-2-10-5-3-4-9-8-6-11-7-8/h2,8-9H,1,3-7H2. The lowest BCUT2D eigenvalue weighted by molar-refractivity contribution is -0.00537. The van der Waals surface area contributed by atoms with Crippen LogP contribution in [-0.4, -0.2) is 32.4 Å². The van der Waals surface area contributed by atoms with Gasteiger partial charge >= 0.3 is 0 Å². The molecule has 0 spiro atoms. The fourth-order valence-electron chi connectivity index (χ4n) is 0.899. The van der Waals surface area contributed by atoms with Gasteiger partial charge in [0.05, 0.1) is 32.1 Å². The van der Waals surface area contributed by atoms with Crippen LogP contribution in [0, 0.1) is 0 Å². The minimum atomic E-state index is 0.582. The maximum Gasteiger partial charge on any atom is 0.0885 e. The summed E-state index contributed by atoms with van der Waals surface area (Å²) >= 11 is 0. The summed E-state index contributed by atoms with van der Waals surface area (Å²) in [6.07, 6.45) is 2.51. The molecule has 1 aliphatic rings. The van der Waals surface area contributed by atoms with Crippen LogP contribution in [0.3, 0.4) is 0 Å². The van der Waals surface area contributed by atoms with E-state index in [9.17, 15) is 0 Å². The molecule has 0 bridgehead atoms. The first-order chi connectivity index (χ1) is 5.43. The molecule has 1 rings (SSSR count). The molecule has 1 heterocycles. The van der Waals surface area contributed by atoms with Crippen LogP contribution in [0.5, 0.6) is 0 Å². The van der Waals surface area contributed by atoms with Gasteiger partial charge in [-0.15, -0.1) is 0 Å². The summed E-state index contributed by atoms with van der Waals surface area (Å²) in [5.74, 6) is 0. The molecule has 0 aromatic rings. The summed E-state index contributed by atoms with van der Waals surface area (Å²) in [4.78, 5) is 0. The van der Waals surface area contributed by atoms with Gasteiger partial charge in [-0.2, -0.15) is 0 Å². The topological polar surface area (TPSA) is 30.5 Å². The quantitative estimate of drug-likeness (QED) is 0.450. The molecule has 0 aromatic heterocycles. The van der Waals surface area contributed by atoms with Crippen molar-refractivity contribution in [3.8, 4) is 0 Å². The molecular weight excluding hydrogens is 142 g/mol. The van der Waals surface area contributed by atoms with E-state index >= 15 is 0 Å². The van der Waals surface area contributed by atoms with Crippen molar-refractivity contribution in [2.45, 2.75) is 12.5 Å². The van der Waals surface area contributed by atoms with Crippen LogP contribution in [0.15, 0.2) is 12.8 Å². The van der Waals surface area contributed by atoms with Crippen molar-refractivity contribution >= 4 is 0 Å². The zero-order valence-corrected chi connectivity index (χ0v) is 6.71. The van der Waals surface area contributed by atoms with Crippen LogP contribution in [0.1, 0.15) is 6.42 Å². The highest BCUT2D eigenvalue weighted by Crippen LogP contribution is 1.98. The largest absolute Gasteiger partial charge is 0.502 e. The molecule has 64 valence electrons. The maximum absolute atomic E-state index is 5.00. The van der Waals surface area contributed by atoms with Crippen LogP contribution >= 0.6 is 0 Å². The lowest BCUT2D eigenvalue weighted by atomic mass is 10.2. The van der Waals surface area contributed by atoms with E-state index in [-0.39, 0.29) is 0 Å². The first kappa shape index (κ1) is 8.56. The van der Waals surface area contributed by atoms with Gasteiger partial charge in [0, 0.05) is 0 Å². The second kappa shape index (κ2) is 5.16. The van der Waals surface area contributed by atoms with Crippen molar-refractivity contribution in [1.29, 1.82) is 0 Å². The average Bonchev–Trinajstić information content (AvgIpc) is 1.93. The summed E-state index contributed by atoms with van der Waals surface area (Å²) in [6.45, 7) is 6.94. The Morgan fingerprint density at radius 1 is 1.64 bits per heavy atom. The summed E-state index contributed by atoms with van der Waals surface area (Å²) in [7, 11) is 0. The Labute approximate surface area is 67.4 Å². The Morgan fingerprint density at radius 2 is 2.45 bits per heavy atom. The second-order valence-corrected chi connectivity index (χ2v) is 2.58. The third-order valence-corrected chi connectivity index (χ3v) is 1.63. The lowest BCUT2D eigenvalue weighted by Gasteiger charge is -2.26. The molecule has 0 aromatic carbocycles. The summed E-state index contributed by atoms with van der Waals surface area (Å²) in [5, 5.41) is 3.34. The Kier molecular flexibility index (Phi) is 4.01. The molecule has 0 radical (unpaired) electrons. The number of nitrogens with one attached hydrogen (secondary N) is 1. The molecule has 0 saturated carbocycles. The highest BCUT2D eigenvalue weighted by molar-refractivity contribution is 4.72. The molecule has 11 heavy (non-hydrogen) atoms. The van der Waals surface area contributed by atoms with Crippen LogP contribution < -0.4 is 5.32 Å². The Hall–Kier alpha value is -0.540. The Bertz CT molecular complexity index is 113. The van der Waals surface area contributed by atoms with Gasteiger partial charge in [0.15, 0.2) is 0 Å². The van der Waals surface area contributed by atoms with Crippen molar-refractivity contribution in [3.05, 3.63) is 12.8 Å². The minimum absolute atomic E-state index is 0.582. The van der Waals surface area contributed by atoms with Gasteiger partial charge < -0.3 is 14.8 Å². The fraction of sp³-hybridized carbons (Fsp3) is 0.750. The maximum atomic E-state index is 5.00. The van der Waals surface area contributed by atoms with Gasteiger partial charge in [0.1, 0.15) is 0 Å². The predicted molar refractivity (Wildman–Crippen MR) is 43.4 cm³/mol. The van der Waals surface area contributed by atoms with Gasteiger partial charge in [0.2, 0.25) is 0 Å². The van der Waals surface area contributed by atoms with Crippen LogP contribution in [-0.2, 0) is 9.47 Å². The fourth-order valence-corrected chi connectivity index (χ4v) is 0.899. The third kappa shape index (κ3) is 3.39. The van der Waals surface area contributed by atoms with Crippen LogP contribution in [0.25, 0.3) is 0 Å². The van der Waals surface area contributed by atoms with Crippen molar-refractivity contribution in [3.63, 3.8) is 0 Å². The normalized spacial score (nSPS) is 17.5. The molecule has 3 nitrogen and oxygen atoms in total. The second-order valence-electron chi connectivity index (χ2n) is 2.58. The van der Waals surface area contributed by atoms with E-state index in [0.29, 0.717) is 6.04 Å². The van der Waals surface area contributed by atoms with E-state index < -0.39 is 0 Å². The third-order valence-electron chi connectivity index (χ3n) is 1.63. The van der Waals surface area contributed by atoms with Gasteiger partial charge in [-0.3, -0.25) is 0 Å². The number of hydrogen-bond acceptors (Lipinski definition) is 3.